The highest BCUT2D eigenvalue weighted by Crippen LogP contribution is 2.26. The van der Waals surface area contributed by atoms with Gasteiger partial charge < -0.3 is 10.1 Å². The van der Waals surface area contributed by atoms with Gasteiger partial charge in [-0.2, -0.15) is 0 Å². The Balaban J connectivity index is 2.31. The van der Waals surface area contributed by atoms with E-state index in [4.69, 9.17) is 4.74 Å². The maximum absolute atomic E-state index is 11.5. The van der Waals surface area contributed by atoms with Crippen LogP contribution < -0.4 is 5.32 Å². The van der Waals surface area contributed by atoms with Crippen molar-refractivity contribution in [1.82, 2.24) is 5.32 Å². The van der Waals surface area contributed by atoms with Crippen LogP contribution in [0.15, 0.2) is 0 Å². The highest BCUT2D eigenvalue weighted by atomic mass is 16.6. The molecule has 0 aliphatic heterocycles. The monoisotopic (exact) mass is 241 g/mol. The van der Waals surface area contributed by atoms with Crippen molar-refractivity contribution in [2.24, 2.45) is 5.92 Å². The van der Waals surface area contributed by atoms with E-state index in [0.29, 0.717) is 0 Å². The fourth-order valence-electron chi connectivity index (χ4n) is 2.07. The van der Waals surface area contributed by atoms with Gasteiger partial charge >= 0.3 is 6.09 Å². The average molecular weight is 241 g/mol. The predicted octanol–water partition coefficient (Wildman–Crippen LogP) is 2.66. The van der Waals surface area contributed by atoms with Crippen molar-refractivity contribution in [2.45, 2.75) is 65.0 Å². The number of ketones is 1. The van der Waals surface area contributed by atoms with E-state index in [1.165, 1.54) is 0 Å². The van der Waals surface area contributed by atoms with E-state index in [1.54, 1.807) is 6.92 Å². The van der Waals surface area contributed by atoms with Crippen molar-refractivity contribution in [1.29, 1.82) is 0 Å². The predicted molar refractivity (Wildman–Crippen MR) is 65.8 cm³/mol. The first-order chi connectivity index (χ1) is 7.78. The Morgan fingerprint density at radius 2 is 1.65 bits per heavy atom. The zero-order valence-electron chi connectivity index (χ0n) is 11.2. The van der Waals surface area contributed by atoms with E-state index in [2.05, 4.69) is 5.32 Å². The van der Waals surface area contributed by atoms with Crippen LogP contribution >= 0.6 is 0 Å². The number of carbonyl (C=O) groups excluding carboxylic acids is 2. The van der Waals surface area contributed by atoms with Gasteiger partial charge in [-0.25, -0.2) is 4.79 Å². The number of rotatable bonds is 2. The van der Waals surface area contributed by atoms with Crippen LogP contribution in [0.2, 0.25) is 0 Å². The summed E-state index contributed by atoms with van der Waals surface area (Å²) >= 11 is 0. The van der Waals surface area contributed by atoms with Crippen LogP contribution in [0.3, 0.4) is 0 Å². The van der Waals surface area contributed by atoms with Gasteiger partial charge in [0.25, 0.3) is 0 Å². The molecule has 1 rings (SSSR count). The van der Waals surface area contributed by atoms with E-state index in [9.17, 15) is 9.59 Å². The Bertz CT molecular complexity index is 286. The van der Waals surface area contributed by atoms with Crippen molar-refractivity contribution in [3.05, 3.63) is 0 Å². The zero-order valence-corrected chi connectivity index (χ0v) is 11.2. The lowest BCUT2D eigenvalue weighted by atomic mass is 9.85. The summed E-state index contributed by atoms with van der Waals surface area (Å²) in [4.78, 5) is 22.7. The first kappa shape index (κ1) is 14.0. The standard InChI is InChI=1S/C13H23NO3/c1-9(15)10-5-7-11(8-6-10)17-12(16)14-13(2,3)4/h10-11H,5-8H2,1-4H3,(H,14,16). The molecule has 4 heteroatoms. The second kappa shape index (κ2) is 5.52. The summed E-state index contributed by atoms with van der Waals surface area (Å²) in [6.07, 6.45) is 2.87. The molecular formula is C13H23NO3. The van der Waals surface area contributed by atoms with Crippen molar-refractivity contribution >= 4 is 11.9 Å². The minimum Gasteiger partial charge on any atom is -0.446 e. The molecule has 0 aromatic carbocycles. The van der Waals surface area contributed by atoms with Gasteiger partial charge in [-0.15, -0.1) is 0 Å². The summed E-state index contributed by atoms with van der Waals surface area (Å²) in [6, 6.07) is 0. The van der Waals surface area contributed by atoms with Gasteiger partial charge in [0, 0.05) is 11.5 Å². The fraction of sp³-hybridized carbons (Fsp3) is 0.846. The topological polar surface area (TPSA) is 55.4 Å². The summed E-state index contributed by atoms with van der Waals surface area (Å²) in [5.74, 6) is 0.420. The van der Waals surface area contributed by atoms with Gasteiger partial charge in [-0.05, 0) is 53.4 Å². The summed E-state index contributed by atoms with van der Waals surface area (Å²) in [6.45, 7) is 7.39. The molecule has 17 heavy (non-hydrogen) atoms. The molecule has 1 aliphatic carbocycles. The number of amides is 1. The Kier molecular flexibility index (Phi) is 4.54. The van der Waals surface area contributed by atoms with Crippen LogP contribution in [0, 0.1) is 5.92 Å². The van der Waals surface area contributed by atoms with Gasteiger partial charge in [-0.1, -0.05) is 0 Å². The fourth-order valence-corrected chi connectivity index (χ4v) is 2.07. The molecule has 0 bridgehead atoms. The Hall–Kier alpha value is -1.06. The van der Waals surface area contributed by atoms with Gasteiger partial charge in [0.15, 0.2) is 0 Å². The molecule has 0 unspecified atom stereocenters. The van der Waals surface area contributed by atoms with Crippen LogP contribution in [0.1, 0.15) is 53.4 Å². The minimum absolute atomic E-state index is 0.0343. The van der Waals surface area contributed by atoms with Gasteiger partial charge in [0.2, 0.25) is 0 Å². The highest BCUT2D eigenvalue weighted by molar-refractivity contribution is 5.78. The molecule has 0 aromatic rings. The van der Waals surface area contributed by atoms with E-state index in [1.807, 2.05) is 20.8 Å². The quantitative estimate of drug-likeness (QED) is 0.808. The number of Topliss-reactive ketones (excluding diaryl/α,β-unsaturated/α-hetero) is 1. The van der Waals surface area contributed by atoms with E-state index in [0.717, 1.165) is 25.7 Å². The third-order valence-electron chi connectivity index (χ3n) is 3.00. The van der Waals surface area contributed by atoms with Crippen molar-refractivity contribution in [2.75, 3.05) is 0 Å². The van der Waals surface area contributed by atoms with Crippen LogP contribution in [0.25, 0.3) is 0 Å². The highest BCUT2D eigenvalue weighted by Gasteiger charge is 2.27. The van der Waals surface area contributed by atoms with Crippen molar-refractivity contribution in [3.8, 4) is 0 Å². The van der Waals surface area contributed by atoms with Crippen LogP contribution in [-0.2, 0) is 9.53 Å². The normalized spacial score (nSPS) is 25.2. The third kappa shape index (κ3) is 5.20. The molecule has 1 aliphatic rings. The first-order valence-corrected chi connectivity index (χ1v) is 6.27. The second-order valence-corrected chi connectivity index (χ2v) is 5.86. The van der Waals surface area contributed by atoms with Crippen LogP contribution in [0.5, 0.6) is 0 Å². The maximum atomic E-state index is 11.5. The molecule has 4 nitrogen and oxygen atoms in total. The lowest BCUT2D eigenvalue weighted by Gasteiger charge is -2.28. The Labute approximate surface area is 103 Å². The number of carbonyl (C=O) groups is 2. The van der Waals surface area contributed by atoms with Crippen molar-refractivity contribution < 1.29 is 14.3 Å². The smallest absolute Gasteiger partial charge is 0.407 e. The van der Waals surface area contributed by atoms with Gasteiger partial charge in [0.1, 0.15) is 11.9 Å². The average Bonchev–Trinajstić information content (AvgIpc) is 2.15. The molecule has 1 N–H and O–H groups in total. The number of hydrogen-bond donors (Lipinski definition) is 1. The van der Waals surface area contributed by atoms with Crippen LogP contribution in [-0.4, -0.2) is 23.5 Å². The van der Waals surface area contributed by atoms with Crippen LogP contribution in [0.4, 0.5) is 4.79 Å². The molecular weight excluding hydrogens is 218 g/mol. The zero-order chi connectivity index (χ0) is 13.1. The van der Waals surface area contributed by atoms with Gasteiger partial charge in [-0.3, -0.25) is 4.79 Å². The first-order valence-electron chi connectivity index (χ1n) is 6.27. The summed E-state index contributed by atoms with van der Waals surface area (Å²) in [5.41, 5.74) is -0.270. The largest absolute Gasteiger partial charge is 0.446 e. The molecule has 0 spiro atoms. The molecule has 0 aromatic heterocycles. The molecule has 1 saturated carbocycles. The van der Waals surface area contributed by atoms with Crippen molar-refractivity contribution in [3.63, 3.8) is 0 Å². The lowest BCUT2D eigenvalue weighted by Crippen LogP contribution is -2.42. The number of alkyl carbamates (subject to hydrolysis) is 1. The Morgan fingerprint density at radius 3 is 2.06 bits per heavy atom. The number of ether oxygens (including phenoxy) is 1. The number of nitrogens with one attached hydrogen (secondary N) is 1. The summed E-state index contributed by atoms with van der Waals surface area (Å²) in [7, 11) is 0. The molecule has 0 radical (unpaired) electrons. The van der Waals surface area contributed by atoms with E-state index >= 15 is 0 Å². The van der Waals surface area contributed by atoms with E-state index < -0.39 is 0 Å². The molecule has 1 fully saturated rings. The maximum Gasteiger partial charge on any atom is 0.407 e. The third-order valence-corrected chi connectivity index (χ3v) is 3.00. The molecule has 0 saturated heterocycles. The molecule has 0 heterocycles. The molecule has 1 amide bonds. The van der Waals surface area contributed by atoms with E-state index in [-0.39, 0.29) is 29.4 Å². The minimum atomic E-state index is -0.358. The molecule has 98 valence electrons. The second-order valence-electron chi connectivity index (χ2n) is 5.86. The SMILES string of the molecule is CC(=O)C1CCC(OC(=O)NC(C)(C)C)CC1. The molecule has 0 atom stereocenters. The van der Waals surface area contributed by atoms with Gasteiger partial charge in [0.05, 0.1) is 0 Å². The lowest BCUT2D eigenvalue weighted by molar-refractivity contribution is -0.122. The Morgan fingerprint density at radius 1 is 1.12 bits per heavy atom. The summed E-state index contributed by atoms with van der Waals surface area (Å²) < 4.78 is 5.33. The number of hydrogen-bond acceptors (Lipinski definition) is 3. The summed E-state index contributed by atoms with van der Waals surface area (Å²) in [5, 5.41) is 2.77.